The number of rotatable bonds is 5. The van der Waals surface area contributed by atoms with E-state index >= 15 is 0 Å². The topological polar surface area (TPSA) is 62.6 Å². The number of ether oxygens (including phenoxy) is 2. The van der Waals surface area contributed by atoms with Gasteiger partial charge in [0, 0.05) is 18.0 Å². The SMILES string of the molecule is C=CCOC[C@@H]1CCC[C@@]12CN(C(=O)c1cccc(C#N)c1)CCO2. The second kappa shape index (κ2) is 7.81. The van der Waals surface area contributed by atoms with E-state index in [0.29, 0.717) is 50.0 Å². The smallest absolute Gasteiger partial charge is 0.254 e. The zero-order valence-electron chi connectivity index (χ0n) is 14.4. The van der Waals surface area contributed by atoms with Gasteiger partial charge < -0.3 is 14.4 Å². The van der Waals surface area contributed by atoms with Crippen LogP contribution >= 0.6 is 0 Å². The predicted molar refractivity (Wildman–Crippen MR) is 94.1 cm³/mol. The van der Waals surface area contributed by atoms with Crippen LogP contribution < -0.4 is 0 Å². The molecule has 1 saturated heterocycles. The summed E-state index contributed by atoms with van der Waals surface area (Å²) in [6.07, 6.45) is 4.86. The third-order valence-corrected chi connectivity index (χ3v) is 5.19. The molecule has 0 radical (unpaired) electrons. The van der Waals surface area contributed by atoms with E-state index in [1.165, 1.54) is 0 Å². The molecule has 0 aromatic heterocycles. The molecule has 2 aliphatic rings. The lowest BCUT2D eigenvalue weighted by Crippen LogP contribution is -2.56. The molecule has 1 aliphatic carbocycles. The molecule has 0 N–H and O–H groups in total. The highest BCUT2D eigenvalue weighted by Crippen LogP contribution is 2.41. The lowest BCUT2D eigenvalue weighted by molar-refractivity contribution is -0.132. The molecule has 1 aromatic rings. The summed E-state index contributed by atoms with van der Waals surface area (Å²) in [7, 11) is 0. The maximum atomic E-state index is 12.9. The van der Waals surface area contributed by atoms with Crippen LogP contribution in [0.4, 0.5) is 0 Å². The van der Waals surface area contributed by atoms with Crippen molar-refractivity contribution in [1.29, 1.82) is 5.26 Å². The van der Waals surface area contributed by atoms with Crippen LogP contribution in [-0.2, 0) is 9.47 Å². The van der Waals surface area contributed by atoms with Gasteiger partial charge in [-0.1, -0.05) is 18.6 Å². The van der Waals surface area contributed by atoms with Crippen LogP contribution in [0.15, 0.2) is 36.9 Å². The third kappa shape index (κ3) is 3.76. The number of morpholine rings is 1. The Morgan fingerprint density at radius 2 is 2.44 bits per heavy atom. The van der Waals surface area contributed by atoms with Crippen molar-refractivity contribution in [3.63, 3.8) is 0 Å². The Labute approximate surface area is 148 Å². The molecule has 1 aromatic carbocycles. The van der Waals surface area contributed by atoms with Gasteiger partial charge in [0.1, 0.15) is 0 Å². The van der Waals surface area contributed by atoms with Crippen molar-refractivity contribution in [1.82, 2.24) is 4.90 Å². The van der Waals surface area contributed by atoms with Gasteiger partial charge >= 0.3 is 0 Å². The summed E-state index contributed by atoms with van der Waals surface area (Å²) >= 11 is 0. The normalized spacial score (nSPS) is 25.7. The van der Waals surface area contributed by atoms with Gasteiger partial charge in [0.2, 0.25) is 0 Å². The second-order valence-electron chi connectivity index (χ2n) is 6.75. The van der Waals surface area contributed by atoms with Crippen molar-refractivity contribution in [2.45, 2.75) is 24.9 Å². The first-order chi connectivity index (χ1) is 12.2. The van der Waals surface area contributed by atoms with Crippen LogP contribution in [0.1, 0.15) is 35.2 Å². The minimum Gasteiger partial charge on any atom is -0.377 e. The van der Waals surface area contributed by atoms with Crippen molar-refractivity contribution in [3.05, 3.63) is 48.0 Å². The molecule has 2 fully saturated rings. The molecule has 2 atom stereocenters. The molecule has 0 bridgehead atoms. The molecular formula is C20H24N2O3. The highest BCUT2D eigenvalue weighted by Gasteiger charge is 2.47. The maximum absolute atomic E-state index is 12.9. The van der Waals surface area contributed by atoms with Crippen LogP contribution in [0.25, 0.3) is 0 Å². The molecule has 5 nitrogen and oxygen atoms in total. The third-order valence-electron chi connectivity index (χ3n) is 5.19. The van der Waals surface area contributed by atoms with E-state index < -0.39 is 0 Å². The number of hydrogen-bond donors (Lipinski definition) is 0. The fraction of sp³-hybridized carbons (Fsp3) is 0.500. The minimum absolute atomic E-state index is 0.0302. The average Bonchev–Trinajstić information content (AvgIpc) is 3.03. The number of nitrogens with zero attached hydrogens (tertiary/aromatic N) is 2. The summed E-state index contributed by atoms with van der Waals surface area (Å²) < 4.78 is 11.8. The van der Waals surface area contributed by atoms with Gasteiger partial charge in [-0.05, 0) is 31.0 Å². The Kier molecular flexibility index (Phi) is 5.52. The highest BCUT2D eigenvalue weighted by molar-refractivity contribution is 5.94. The number of carbonyl (C=O) groups is 1. The monoisotopic (exact) mass is 340 g/mol. The number of benzene rings is 1. The van der Waals surface area contributed by atoms with Gasteiger partial charge in [0.25, 0.3) is 5.91 Å². The molecule has 1 spiro atoms. The zero-order chi connectivity index (χ0) is 17.7. The quantitative estimate of drug-likeness (QED) is 0.611. The fourth-order valence-corrected chi connectivity index (χ4v) is 3.93. The number of carbonyl (C=O) groups excluding carboxylic acids is 1. The second-order valence-corrected chi connectivity index (χ2v) is 6.75. The Bertz CT molecular complexity index is 682. The average molecular weight is 340 g/mol. The summed E-state index contributed by atoms with van der Waals surface area (Å²) in [5.74, 6) is 0.269. The number of nitriles is 1. The molecule has 132 valence electrons. The number of amides is 1. The van der Waals surface area contributed by atoms with Gasteiger partial charge in [-0.2, -0.15) is 5.26 Å². The molecule has 25 heavy (non-hydrogen) atoms. The van der Waals surface area contributed by atoms with E-state index in [1.807, 2.05) is 4.90 Å². The highest BCUT2D eigenvalue weighted by atomic mass is 16.5. The van der Waals surface area contributed by atoms with Gasteiger partial charge in [0.05, 0.1) is 43.6 Å². The first kappa shape index (κ1) is 17.7. The first-order valence-electron chi connectivity index (χ1n) is 8.80. The Hall–Kier alpha value is -2.16. The van der Waals surface area contributed by atoms with E-state index in [2.05, 4.69) is 12.6 Å². The number of hydrogen-bond acceptors (Lipinski definition) is 4. The van der Waals surface area contributed by atoms with Crippen molar-refractivity contribution in [2.24, 2.45) is 5.92 Å². The van der Waals surface area contributed by atoms with Crippen LogP contribution in [0.3, 0.4) is 0 Å². The molecule has 1 saturated carbocycles. The van der Waals surface area contributed by atoms with Gasteiger partial charge in [0.15, 0.2) is 0 Å². The Morgan fingerprint density at radius 3 is 3.24 bits per heavy atom. The lowest BCUT2D eigenvalue weighted by Gasteiger charge is -2.44. The predicted octanol–water partition coefficient (Wildman–Crippen LogP) is 2.77. The van der Waals surface area contributed by atoms with Gasteiger partial charge in [-0.3, -0.25) is 4.79 Å². The Morgan fingerprint density at radius 1 is 1.56 bits per heavy atom. The summed E-state index contributed by atoms with van der Waals surface area (Å²) in [6, 6.07) is 8.98. The first-order valence-corrected chi connectivity index (χ1v) is 8.80. The standard InChI is InChI=1S/C20H24N2O3/c1-2-10-24-14-18-7-4-8-20(18)15-22(9-11-25-20)19(23)17-6-3-5-16(12-17)13-21/h2-3,5-6,12,18H,1,4,7-11,14-15H2/t18-,20+/m0/s1. The lowest BCUT2D eigenvalue weighted by atomic mass is 9.89. The summed E-state index contributed by atoms with van der Waals surface area (Å²) in [4.78, 5) is 14.8. The van der Waals surface area contributed by atoms with Crippen LogP contribution in [-0.4, -0.2) is 49.3 Å². The van der Waals surface area contributed by atoms with E-state index in [0.717, 1.165) is 19.3 Å². The molecule has 1 aliphatic heterocycles. The van der Waals surface area contributed by atoms with E-state index in [4.69, 9.17) is 14.7 Å². The summed E-state index contributed by atoms with van der Waals surface area (Å²) in [5, 5.41) is 9.04. The maximum Gasteiger partial charge on any atom is 0.254 e. The Balaban J connectivity index is 1.72. The fourth-order valence-electron chi connectivity index (χ4n) is 3.93. The van der Waals surface area contributed by atoms with Crippen molar-refractivity contribution >= 4 is 5.91 Å². The van der Waals surface area contributed by atoms with Crippen molar-refractivity contribution < 1.29 is 14.3 Å². The van der Waals surface area contributed by atoms with Gasteiger partial charge in [-0.25, -0.2) is 0 Å². The van der Waals surface area contributed by atoms with Crippen LogP contribution in [0.5, 0.6) is 0 Å². The van der Waals surface area contributed by atoms with E-state index in [-0.39, 0.29) is 11.5 Å². The van der Waals surface area contributed by atoms with E-state index in [1.54, 1.807) is 30.3 Å². The van der Waals surface area contributed by atoms with Gasteiger partial charge in [-0.15, -0.1) is 6.58 Å². The van der Waals surface area contributed by atoms with Crippen LogP contribution in [0.2, 0.25) is 0 Å². The molecule has 5 heteroatoms. The molecular weight excluding hydrogens is 316 g/mol. The zero-order valence-corrected chi connectivity index (χ0v) is 14.4. The molecule has 0 unspecified atom stereocenters. The molecule has 3 rings (SSSR count). The molecule has 1 amide bonds. The van der Waals surface area contributed by atoms with Crippen molar-refractivity contribution in [2.75, 3.05) is 32.9 Å². The summed E-state index contributed by atoms with van der Waals surface area (Å²) in [5.41, 5.74) is 0.765. The minimum atomic E-state index is -0.304. The van der Waals surface area contributed by atoms with Crippen LogP contribution in [0, 0.1) is 17.2 Å². The largest absolute Gasteiger partial charge is 0.377 e. The summed E-state index contributed by atoms with van der Waals surface area (Å²) in [6.45, 7) is 6.57. The molecule has 1 heterocycles. The van der Waals surface area contributed by atoms with Crippen molar-refractivity contribution in [3.8, 4) is 6.07 Å². The van der Waals surface area contributed by atoms with E-state index in [9.17, 15) is 4.79 Å².